The predicted octanol–water partition coefficient (Wildman–Crippen LogP) is 4.36. The SMILES string of the molecule is Cc1nc(CC(=O)Nc2ccc(Cl)c(F)c2)sc1C(=O)NCc1ccccc1. The number of thiazole rings is 1. The summed E-state index contributed by atoms with van der Waals surface area (Å²) in [7, 11) is 0. The van der Waals surface area contributed by atoms with Gasteiger partial charge in [-0.15, -0.1) is 11.3 Å². The number of benzene rings is 2. The first kappa shape index (κ1) is 20.0. The highest BCUT2D eigenvalue weighted by Gasteiger charge is 2.17. The molecule has 0 saturated heterocycles. The van der Waals surface area contributed by atoms with Crippen molar-refractivity contribution in [3.05, 3.63) is 80.5 Å². The number of carbonyl (C=O) groups is 2. The molecule has 0 aliphatic carbocycles. The molecule has 0 aliphatic rings. The Morgan fingerprint density at radius 3 is 2.64 bits per heavy atom. The lowest BCUT2D eigenvalue weighted by atomic mass is 10.2. The molecule has 2 aromatic carbocycles. The number of carbonyl (C=O) groups excluding carboxylic acids is 2. The van der Waals surface area contributed by atoms with E-state index in [9.17, 15) is 14.0 Å². The third-order valence-corrected chi connectivity index (χ3v) is 5.32. The maximum Gasteiger partial charge on any atom is 0.263 e. The van der Waals surface area contributed by atoms with Crippen LogP contribution in [0.1, 0.15) is 25.9 Å². The van der Waals surface area contributed by atoms with E-state index in [4.69, 9.17) is 11.6 Å². The van der Waals surface area contributed by atoms with Crippen LogP contribution in [0, 0.1) is 12.7 Å². The summed E-state index contributed by atoms with van der Waals surface area (Å²) in [5.74, 6) is -1.20. The maximum atomic E-state index is 13.5. The summed E-state index contributed by atoms with van der Waals surface area (Å²) in [6, 6.07) is 13.6. The lowest BCUT2D eigenvalue weighted by Gasteiger charge is -2.04. The minimum Gasteiger partial charge on any atom is -0.347 e. The number of nitrogens with one attached hydrogen (secondary N) is 2. The Labute approximate surface area is 170 Å². The number of halogens is 2. The van der Waals surface area contributed by atoms with Gasteiger partial charge in [-0.2, -0.15) is 0 Å². The second-order valence-corrected chi connectivity index (χ2v) is 7.54. The Kier molecular flexibility index (Phi) is 6.38. The van der Waals surface area contributed by atoms with Gasteiger partial charge in [0.2, 0.25) is 5.91 Å². The Morgan fingerprint density at radius 1 is 1.18 bits per heavy atom. The minimum atomic E-state index is -0.609. The van der Waals surface area contributed by atoms with Crippen LogP contribution in [0.4, 0.5) is 10.1 Å². The summed E-state index contributed by atoms with van der Waals surface area (Å²) < 4.78 is 13.5. The number of rotatable bonds is 6. The molecule has 2 N–H and O–H groups in total. The molecule has 0 saturated carbocycles. The quantitative estimate of drug-likeness (QED) is 0.626. The van der Waals surface area contributed by atoms with Crippen molar-refractivity contribution in [3.8, 4) is 0 Å². The van der Waals surface area contributed by atoms with Crippen LogP contribution < -0.4 is 10.6 Å². The molecular weight excluding hydrogens is 401 g/mol. The number of aryl methyl sites for hydroxylation is 1. The number of hydrogen-bond acceptors (Lipinski definition) is 4. The molecule has 3 rings (SSSR count). The van der Waals surface area contributed by atoms with Gasteiger partial charge in [0.1, 0.15) is 15.7 Å². The van der Waals surface area contributed by atoms with Crippen LogP contribution in [0.25, 0.3) is 0 Å². The molecule has 1 heterocycles. The zero-order valence-electron chi connectivity index (χ0n) is 15.0. The van der Waals surface area contributed by atoms with Gasteiger partial charge in [-0.05, 0) is 30.7 Å². The van der Waals surface area contributed by atoms with E-state index in [0.29, 0.717) is 27.8 Å². The van der Waals surface area contributed by atoms with E-state index >= 15 is 0 Å². The standard InChI is InChI=1S/C20H17ClFN3O2S/c1-12-19(20(27)23-11-13-5-3-2-4-6-13)28-18(24-12)10-17(26)25-14-7-8-15(21)16(22)9-14/h2-9H,10-11H2,1H3,(H,23,27)(H,25,26). The van der Waals surface area contributed by atoms with E-state index in [-0.39, 0.29) is 23.3 Å². The first-order valence-corrected chi connectivity index (χ1v) is 9.65. The first-order valence-electron chi connectivity index (χ1n) is 8.45. The lowest BCUT2D eigenvalue weighted by molar-refractivity contribution is -0.115. The molecule has 5 nitrogen and oxygen atoms in total. The smallest absolute Gasteiger partial charge is 0.263 e. The summed E-state index contributed by atoms with van der Waals surface area (Å²) in [4.78, 5) is 29.4. The van der Waals surface area contributed by atoms with Gasteiger partial charge in [-0.1, -0.05) is 41.9 Å². The van der Waals surface area contributed by atoms with Gasteiger partial charge >= 0.3 is 0 Å². The van der Waals surface area contributed by atoms with Crippen LogP contribution in [-0.2, 0) is 17.8 Å². The molecule has 1 aromatic heterocycles. The number of amides is 2. The van der Waals surface area contributed by atoms with E-state index in [0.717, 1.165) is 11.6 Å². The Balaban J connectivity index is 1.60. The monoisotopic (exact) mass is 417 g/mol. The fourth-order valence-electron chi connectivity index (χ4n) is 2.51. The largest absolute Gasteiger partial charge is 0.347 e. The van der Waals surface area contributed by atoms with E-state index in [1.54, 1.807) is 6.92 Å². The van der Waals surface area contributed by atoms with E-state index in [1.807, 2.05) is 30.3 Å². The molecule has 0 radical (unpaired) electrons. The van der Waals surface area contributed by atoms with Crippen LogP contribution in [0.15, 0.2) is 48.5 Å². The number of aromatic nitrogens is 1. The van der Waals surface area contributed by atoms with Crippen LogP contribution in [0.2, 0.25) is 5.02 Å². The zero-order valence-corrected chi connectivity index (χ0v) is 16.5. The third kappa shape index (κ3) is 5.15. The van der Waals surface area contributed by atoms with Gasteiger partial charge in [0.25, 0.3) is 5.91 Å². The molecule has 144 valence electrons. The molecule has 3 aromatic rings. The van der Waals surface area contributed by atoms with Gasteiger partial charge < -0.3 is 10.6 Å². The zero-order chi connectivity index (χ0) is 20.1. The number of nitrogens with zero attached hydrogens (tertiary/aromatic N) is 1. The normalized spacial score (nSPS) is 10.5. The van der Waals surface area contributed by atoms with Gasteiger partial charge in [0.05, 0.1) is 17.1 Å². The molecule has 0 bridgehead atoms. The molecule has 28 heavy (non-hydrogen) atoms. The van der Waals surface area contributed by atoms with E-state index < -0.39 is 5.82 Å². The van der Waals surface area contributed by atoms with Crippen LogP contribution in [0.3, 0.4) is 0 Å². The highest BCUT2D eigenvalue weighted by atomic mass is 35.5. The third-order valence-electron chi connectivity index (χ3n) is 3.86. The van der Waals surface area contributed by atoms with Gasteiger partial charge in [-0.25, -0.2) is 9.37 Å². The molecule has 2 amide bonds. The molecule has 0 spiro atoms. The minimum absolute atomic E-state index is 0.0122. The Hall–Kier alpha value is -2.77. The molecular formula is C20H17ClFN3O2S. The second-order valence-electron chi connectivity index (χ2n) is 6.04. The van der Waals surface area contributed by atoms with Crippen LogP contribution >= 0.6 is 22.9 Å². The first-order chi connectivity index (χ1) is 13.4. The van der Waals surface area contributed by atoms with Crippen molar-refractivity contribution in [1.29, 1.82) is 0 Å². The van der Waals surface area contributed by atoms with Crippen molar-refractivity contribution in [2.75, 3.05) is 5.32 Å². The average Bonchev–Trinajstić information content (AvgIpc) is 3.03. The molecule has 0 atom stereocenters. The lowest BCUT2D eigenvalue weighted by Crippen LogP contribution is -2.22. The summed E-state index contributed by atoms with van der Waals surface area (Å²) in [5.41, 5.74) is 1.87. The van der Waals surface area contributed by atoms with Crippen molar-refractivity contribution in [3.63, 3.8) is 0 Å². The maximum absolute atomic E-state index is 13.5. The van der Waals surface area contributed by atoms with Crippen molar-refractivity contribution < 1.29 is 14.0 Å². The van der Waals surface area contributed by atoms with E-state index in [1.165, 1.54) is 23.5 Å². The number of anilines is 1. The topological polar surface area (TPSA) is 71.1 Å². The van der Waals surface area contributed by atoms with Crippen molar-refractivity contribution in [2.24, 2.45) is 0 Å². The van der Waals surface area contributed by atoms with Crippen LogP contribution in [-0.4, -0.2) is 16.8 Å². The molecule has 8 heteroatoms. The fourth-order valence-corrected chi connectivity index (χ4v) is 3.61. The summed E-state index contributed by atoms with van der Waals surface area (Å²) >= 11 is 6.80. The highest BCUT2D eigenvalue weighted by Crippen LogP contribution is 2.21. The summed E-state index contributed by atoms with van der Waals surface area (Å²) in [5, 5.41) is 5.94. The predicted molar refractivity (Wildman–Crippen MR) is 108 cm³/mol. The fraction of sp³-hybridized carbons (Fsp3) is 0.150. The molecule has 0 fully saturated rings. The Morgan fingerprint density at radius 2 is 1.93 bits per heavy atom. The summed E-state index contributed by atoms with van der Waals surface area (Å²) in [6.45, 7) is 2.14. The molecule has 0 aliphatic heterocycles. The van der Waals surface area contributed by atoms with E-state index in [2.05, 4.69) is 15.6 Å². The van der Waals surface area contributed by atoms with Gasteiger partial charge in [0.15, 0.2) is 0 Å². The molecule has 0 unspecified atom stereocenters. The highest BCUT2D eigenvalue weighted by molar-refractivity contribution is 7.13. The van der Waals surface area contributed by atoms with Crippen molar-refractivity contribution in [1.82, 2.24) is 10.3 Å². The second kappa shape index (κ2) is 8.95. The Bertz CT molecular complexity index is 1010. The van der Waals surface area contributed by atoms with Crippen LogP contribution in [0.5, 0.6) is 0 Å². The summed E-state index contributed by atoms with van der Waals surface area (Å²) in [6.07, 6.45) is -0.0122. The van der Waals surface area contributed by atoms with Gasteiger partial charge in [-0.3, -0.25) is 9.59 Å². The van der Waals surface area contributed by atoms with Crippen molar-refractivity contribution >= 4 is 40.4 Å². The van der Waals surface area contributed by atoms with Gasteiger partial charge in [0, 0.05) is 12.2 Å². The number of hydrogen-bond donors (Lipinski definition) is 2. The average molecular weight is 418 g/mol. The van der Waals surface area contributed by atoms with Crippen molar-refractivity contribution in [2.45, 2.75) is 19.9 Å².